The van der Waals surface area contributed by atoms with Crippen LogP contribution in [-0.4, -0.2) is 69.8 Å². The monoisotopic (exact) mass is 363 g/mol. The number of ether oxygens (including phenoxy) is 1. The van der Waals surface area contributed by atoms with Crippen LogP contribution in [0.5, 0.6) is 0 Å². The number of carbonyl (C=O) groups is 1. The average molecular weight is 363 g/mol. The molecule has 8 heteroatoms. The third kappa shape index (κ3) is 3.61. The van der Waals surface area contributed by atoms with Crippen LogP contribution in [0.25, 0.3) is 0 Å². The number of amides is 1. The molecule has 1 amide bonds. The standard InChI is InChI=1S/C17H25N5O2S/c1-11-15(12(2)25-19-11)17(23)21(4)10-14-16(20(3)6-7-24-14)13-8-18-22(5)9-13/h8-9,14,16H,6-7,10H2,1-5H3/t14-,16-/m0/s1. The first-order valence-electron chi connectivity index (χ1n) is 8.37. The molecule has 2 aromatic rings. The number of carbonyl (C=O) groups excluding carboxylic acids is 1. The number of rotatable bonds is 4. The zero-order valence-corrected chi connectivity index (χ0v) is 16.2. The van der Waals surface area contributed by atoms with Gasteiger partial charge in [0.2, 0.25) is 0 Å². The van der Waals surface area contributed by atoms with Gasteiger partial charge < -0.3 is 9.64 Å². The van der Waals surface area contributed by atoms with E-state index in [0.717, 1.165) is 28.2 Å². The van der Waals surface area contributed by atoms with Gasteiger partial charge in [-0.05, 0) is 32.4 Å². The Balaban J connectivity index is 1.78. The molecule has 0 unspecified atom stereocenters. The summed E-state index contributed by atoms with van der Waals surface area (Å²) in [5.41, 5.74) is 2.62. The third-order valence-corrected chi connectivity index (χ3v) is 5.56. The fourth-order valence-electron chi connectivity index (χ4n) is 3.41. The summed E-state index contributed by atoms with van der Waals surface area (Å²) in [6.45, 7) is 5.87. The van der Waals surface area contributed by atoms with Gasteiger partial charge in [-0.15, -0.1) is 0 Å². The van der Waals surface area contributed by atoms with Gasteiger partial charge in [0.25, 0.3) is 5.91 Å². The number of hydrogen-bond acceptors (Lipinski definition) is 6. The molecule has 136 valence electrons. The van der Waals surface area contributed by atoms with Crippen LogP contribution in [0.4, 0.5) is 0 Å². The molecule has 0 radical (unpaired) electrons. The summed E-state index contributed by atoms with van der Waals surface area (Å²) >= 11 is 1.38. The van der Waals surface area contributed by atoms with E-state index in [1.807, 2.05) is 40.3 Å². The molecule has 25 heavy (non-hydrogen) atoms. The van der Waals surface area contributed by atoms with Gasteiger partial charge in [-0.3, -0.25) is 14.4 Å². The Bertz CT molecular complexity index is 737. The number of hydrogen-bond donors (Lipinski definition) is 0. The Labute approximate surface area is 152 Å². The molecule has 1 aliphatic heterocycles. The Morgan fingerprint density at radius 2 is 2.20 bits per heavy atom. The van der Waals surface area contributed by atoms with Gasteiger partial charge in [-0.1, -0.05) is 0 Å². The number of nitrogens with zero attached hydrogens (tertiary/aromatic N) is 5. The first-order chi connectivity index (χ1) is 11.9. The van der Waals surface area contributed by atoms with E-state index in [1.165, 1.54) is 11.5 Å². The van der Waals surface area contributed by atoms with Crippen molar-refractivity contribution in [3.63, 3.8) is 0 Å². The Morgan fingerprint density at radius 3 is 2.80 bits per heavy atom. The molecule has 0 aliphatic carbocycles. The fraction of sp³-hybridized carbons (Fsp3) is 0.588. The zero-order valence-electron chi connectivity index (χ0n) is 15.4. The van der Waals surface area contributed by atoms with Gasteiger partial charge in [0.1, 0.15) is 0 Å². The first kappa shape index (κ1) is 18.0. The van der Waals surface area contributed by atoms with Crippen molar-refractivity contribution < 1.29 is 9.53 Å². The van der Waals surface area contributed by atoms with Crippen LogP contribution in [0.3, 0.4) is 0 Å². The average Bonchev–Trinajstić information content (AvgIpc) is 3.12. The molecular weight excluding hydrogens is 338 g/mol. The van der Waals surface area contributed by atoms with Gasteiger partial charge >= 0.3 is 0 Å². The molecule has 0 aromatic carbocycles. The maximum Gasteiger partial charge on any atom is 0.256 e. The lowest BCUT2D eigenvalue weighted by atomic mass is 10.0. The third-order valence-electron chi connectivity index (χ3n) is 4.72. The highest BCUT2D eigenvalue weighted by Crippen LogP contribution is 2.29. The molecule has 1 saturated heterocycles. The highest BCUT2D eigenvalue weighted by atomic mass is 32.1. The van der Waals surface area contributed by atoms with E-state index in [0.29, 0.717) is 13.2 Å². The first-order valence-corrected chi connectivity index (χ1v) is 9.14. The molecule has 0 N–H and O–H groups in total. The Morgan fingerprint density at radius 1 is 1.44 bits per heavy atom. The molecular formula is C17H25N5O2S. The molecule has 3 rings (SSSR count). The van der Waals surface area contributed by atoms with Gasteiger partial charge in [0.15, 0.2) is 0 Å². The second-order valence-corrected chi connectivity index (χ2v) is 7.64. The topological polar surface area (TPSA) is 63.5 Å². The van der Waals surface area contributed by atoms with Gasteiger partial charge in [0.05, 0.1) is 36.2 Å². The number of likely N-dealkylation sites (N-methyl/N-ethyl adjacent to an activating group) is 2. The van der Waals surface area contributed by atoms with Gasteiger partial charge in [0, 0.05) is 43.8 Å². The smallest absolute Gasteiger partial charge is 0.256 e. The van der Waals surface area contributed by atoms with Crippen LogP contribution in [0.1, 0.15) is 32.5 Å². The van der Waals surface area contributed by atoms with Crippen molar-refractivity contribution in [3.8, 4) is 0 Å². The Kier molecular flexibility index (Phi) is 5.21. The van der Waals surface area contributed by atoms with Crippen molar-refractivity contribution in [3.05, 3.63) is 34.1 Å². The Hall–Kier alpha value is -1.77. The number of aromatic nitrogens is 3. The van der Waals surface area contributed by atoms with Crippen LogP contribution in [0.15, 0.2) is 12.4 Å². The van der Waals surface area contributed by atoms with Crippen LogP contribution < -0.4 is 0 Å². The maximum atomic E-state index is 12.9. The van der Waals surface area contributed by atoms with Crippen molar-refractivity contribution in [1.29, 1.82) is 0 Å². The van der Waals surface area contributed by atoms with Crippen molar-refractivity contribution in [2.45, 2.75) is 26.0 Å². The maximum absolute atomic E-state index is 12.9. The lowest BCUT2D eigenvalue weighted by Crippen LogP contribution is -2.48. The zero-order chi connectivity index (χ0) is 18.1. The van der Waals surface area contributed by atoms with E-state index >= 15 is 0 Å². The number of morpholine rings is 1. The van der Waals surface area contributed by atoms with Crippen molar-refractivity contribution in [2.24, 2.45) is 7.05 Å². The molecule has 1 fully saturated rings. The molecule has 0 saturated carbocycles. The lowest BCUT2D eigenvalue weighted by molar-refractivity contribution is -0.0708. The molecule has 0 bridgehead atoms. The SMILES string of the molecule is Cc1nsc(C)c1C(=O)N(C)C[C@@H]1OCCN(C)[C@H]1c1cnn(C)c1. The lowest BCUT2D eigenvalue weighted by Gasteiger charge is -2.40. The van der Waals surface area contributed by atoms with E-state index in [4.69, 9.17) is 4.74 Å². The fourth-order valence-corrected chi connectivity index (χ4v) is 4.10. The van der Waals surface area contributed by atoms with Crippen molar-refractivity contribution >= 4 is 17.4 Å². The quantitative estimate of drug-likeness (QED) is 0.826. The van der Waals surface area contributed by atoms with Crippen molar-refractivity contribution in [2.75, 3.05) is 33.8 Å². The predicted molar refractivity (Wildman–Crippen MR) is 96.9 cm³/mol. The highest BCUT2D eigenvalue weighted by molar-refractivity contribution is 7.06. The minimum atomic E-state index is -0.0934. The summed E-state index contributed by atoms with van der Waals surface area (Å²) in [4.78, 5) is 17.8. The highest BCUT2D eigenvalue weighted by Gasteiger charge is 2.34. The summed E-state index contributed by atoms with van der Waals surface area (Å²) in [5.74, 6) is 0.00510. The number of aryl methyl sites for hydroxylation is 3. The van der Waals surface area contributed by atoms with Crippen LogP contribution in [0, 0.1) is 13.8 Å². The molecule has 2 aromatic heterocycles. The molecule has 2 atom stereocenters. The minimum Gasteiger partial charge on any atom is -0.373 e. The second kappa shape index (κ2) is 7.23. The van der Waals surface area contributed by atoms with Crippen LogP contribution in [-0.2, 0) is 11.8 Å². The van der Waals surface area contributed by atoms with Crippen LogP contribution in [0.2, 0.25) is 0 Å². The summed E-state index contributed by atoms with van der Waals surface area (Å²) in [5, 5.41) is 4.29. The van der Waals surface area contributed by atoms with E-state index < -0.39 is 0 Å². The summed E-state index contributed by atoms with van der Waals surface area (Å²) in [6.07, 6.45) is 3.80. The summed E-state index contributed by atoms with van der Waals surface area (Å²) in [6, 6.07) is 0.0838. The van der Waals surface area contributed by atoms with E-state index in [-0.39, 0.29) is 18.1 Å². The van der Waals surface area contributed by atoms with E-state index in [2.05, 4.69) is 21.4 Å². The van der Waals surface area contributed by atoms with Gasteiger partial charge in [-0.25, -0.2) is 0 Å². The predicted octanol–water partition coefficient (Wildman–Crippen LogP) is 1.64. The van der Waals surface area contributed by atoms with E-state index in [1.54, 1.807) is 9.58 Å². The molecule has 3 heterocycles. The molecule has 7 nitrogen and oxygen atoms in total. The van der Waals surface area contributed by atoms with Crippen LogP contribution >= 0.6 is 11.5 Å². The normalized spacial score (nSPS) is 21.5. The minimum absolute atomic E-state index is 0.00510. The molecule has 0 spiro atoms. The summed E-state index contributed by atoms with van der Waals surface area (Å²) < 4.78 is 12.1. The van der Waals surface area contributed by atoms with Gasteiger partial charge in [-0.2, -0.15) is 9.47 Å². The summed E-state index contributed by atoms with van der Waals surface area (Å²) in [7, 11) is 5.83. The van der Waals surface area contributed by atoms with Crippen molar-refractivity contribution in [1.82, 2.24) is 24.0 Å². The second-order valence-electron chi connectivity index (χ2n) is 6.67. The largest absolute Gasteiger partial charge is 0.373 e. The molecule has 1 aliphatic rings. The van der Waals surface area contributed by atoms with E-state index in [9.17, 15) is 4.79 Å².